The zero-order valence-electron chi connectivity index (χ0n) is 13.7. The van der Waals surface area contributed by atoms with Crippen LogP contribution in [0.5, 0.6) is 5.75 Å². The van der Waals surface area contributed by atoms with E-state index >= 15 is 0 Å². The molecule has 2 fully saturated rings. The maximum absolute atomic E-state index is 11.2. The molecule has 0 aromatic heterocycles. The summed E-state index contributed by atoms with van der Waals surface area (Å²) in [6.45, 7) is 4.15. The number of ether oxygens (including phenoxy) is 1. The van der Waals surface area contributed by atoms with Gasteiger partial charge in [-0.05, 0) is 86.6 Å². The van der Waals surface area contributed by atoms with Crippen molar-refractivity contribution in [1.29, 1.82) is 0 Å². The fourth-order valence-electron chi connectivity index (χ4n) is 4.60. The lowest BCUT2D eigenvalue weighted by atomic mass is 9.65. The Morgan fingerprint density at radius 2 is 1.52 bits per heavy atom. The molecule has 1 N–H and O–H groups in total. The molecule has 2 heteroatoms. The molecule has 1 spiro atoms. The van der Waals surface area contributed by atoms with E-state index in [0.29, 0.717) is 5.41 Å². The fraction of sp³-hybridized carbons (Fsp3) is 0.684. The van der Waals surface area contributed by atoms with Crippen LogP contribution < -0.4 is 4.74 Å². The zero-order chi connectivity index (χ0) is 15.1. The van der Waals surface area contributed by atoms with E-state index in [1.54, 1.807) is 7.11 Å². The molecule has 2 nitrogen and oxygen atoms in total. The molecule has 0 bridgehead atoms. The normalized spacial score (nSPS) is 23.4. The van der Waals surface area contributed by atoms with Crippen LogP contribution in [0, 0.1) is 19.3 Å². The summed E-state index contributed by atoms with van der Waals surface area (Å²) in [5, 5.41) is 11.2. The fourth-order valence-corrected chi connectivity index (χ4v) is 4.60. The topological polar surface area (TPSA) is 29.5 Å². The molecule has 3 rings (SSSR count). The third-order valence-electron chi connectivity index (χ3n) is 6.05. The van der Waals surface area contributed by atoms with Crippen LogP contribution in [-0.2, 0) is 5.60 Å². The summed E-state index contributed by atoms with van der Waals surface area (Å²) >= 11 is 0. The van der Waals surface area contributed by atoms with Crippen LogP contribution >= 0.6 is 0 Å². The largest absolute Gasteiger partial charge is 0.496 e. The predicted octanol–water partition coefficient (Wildman–Crippen LogP) is 4.63. The van der Waals surface area contributed by atoms with Gasteiger partial charge in [-0.3, -0.25) is 0 Å². The van der Waals surface area contributed by atoms with Gasteiger partial charge in [-0.15, -0.1) is 0 Å². The van der Waals surface area contributed by atoms with Gasteiger partial charge >= 0.3 is 0 Å². The van der Waals surface area contributed by atoms with E-state index in [4.69, 9.17) is 4.74 Å². The molecule has 2 saturated carbocycles. The summed E-state index contributed by atoms with van der Waals surface area (Å²) in [5.74, 6) is 0.919. The number of hydrogen-bond donors (Lipinski definition) is 1. The van der Waals surface area contributed by atoms with Crippen LogP contribution in [0.4, 0.5) is 0 Å². The molecule has 0 amide bonds. The van der Waals surface area contributed by atoms with Crippen molar-refractivity contribution in [2.24, 2.45) is 5.41 Å². The molecule has 0 saturated heterocycles. The van der Waals surface area contributed by atoms with Gasteiger partial charge in [0.05, 0.1) is 12.7 Å². The van der Waals surface area contributed by atoms with Crippen LogP contribution in [0.15, 0.2) is 12.1 Å². The van der Waals surface area contributed by atoms with Crippen LogP contribution in [0.2, 0.25) is 0 Å². The molecule has 0 atom stereocenters. The quantitative estimate of drug-likeness (QED) is 0.859. The lowest BCUT2D eigenvalue weighted by Gasteiger charge is -2.43. The highest BCUT2D eigenvalue weighted by molar-refractivity contribution is 5.44. The first kappa shape index (κ1) is 14.9. The lowest BCUT2D eigenvalue weighted by Crippen LogP contribution is -2.36. The summed E-state index contributed by atoms with van der Waals surface area (Å²) in [4.78, 5) is 0. The highest BCUT2D eigenvalue weighted by Crippen LogP contribution is 2.54. The van der Waals surface area contributed by atoms with E-state index in [-0.39, 0.29) is 0 Å². The third-order valence-corrected chi connectivity index (χ3v) is 6.05. The minimum Gasteiger partial charge on any atom is -0.496 e. The molecule has 2 aliphatic rings. The highest BCUT2D eigenvalue weighted by atomic mass is 16.5. The first-order valence-corrected chi connectivity index (χ1v) is 8.36. The second kappa shape index (κ2) is 5.31. The number of methoxy groups -OCH3 is 1. The Labute approximate surface area is 128 Å². The van der Waals surface area contributed by atoms with Gasteiger partial charge in [0.15, 0.2) is 0 Å². The zero-order valence-corrected chi connectivity index (χ0v) is 13.7. The number of hydrogen-bond acceptors (Lipinski definition) is 2. The Morgan fingerprint density at radius 3 is 2.10 bits per heavy atom. The van der Waals surface area contributed by atoms with Crippen LogP contribution in [-0.4, -0.2) is 12.2 Å². The van der Waals surface area contributed by atoms with Crippen LogP contribution in [0.1, 0.15) is 68.1 Å². The first-order chi connectivity index (χ1) is 9.98. The molecule has 0 radical (unpaired) electrons. The molecular formula is C19H28O2. The second-order valence-corrected chi connectivity index (χ2v) is 7.38. The molecule has 1 aromatic carbocycles. The van der Waals surface area contributed by atoms with E-state index in [9.17, 15) is 5.11 Å². The van der Waals surface area contributed by atoms with E-state index in [1.165, 1.54) is 38.5 Å². The summed E-state index contributed by atoms with van der Waals surface area (Å²) in [6.07, 6.45) is 9.74. The number of aliphatic hydroxyl groups is 1. The smallest absolute Gasteiger partial charge is 0.122 e. The Balaban J connectivity index is 1.85. The minimum atomic E-state index is -0.630. The molecule has 0 aliphatic heterocycles. The van der Waals surface area contributed by atoms with Crippen LogP contribution in [0.3, 0.4) is 0 Å². The first-order valence-electron chi connectivity index (χ1n) is 8.36. The van der Waals surface area contributed by atoms with E-state index in [2.05, 4.69) is 26.0 Å². The van der Waals surface area contributed by atoms with Gasteiger partial charge in [0.1, 0.15) is 5.75 Å². The highest BCUT2D eigenvalue weighted by Gasteiger charge is 2.44. The van der Waals surface area contributed by atoms with Crippen molar-refractivity contribution in [2.75, 3.05) is 7.11 Å². The molecule has 21 heavy (non-hydrogen) atoms. The van der Waals surface area contributed by atoms with Crippen molar-refractivity contribution < 1.29 is 9.84 Å². The van der Waals surface area contributed by atoms with Crippen molar-refractivity contribution >= 4 is 0 Å². The summed E-state index contributed by atoms with van der Waals surface area (Å²) in [5.41, 5.74) is 3.32. The van der Waals surface area contributed by atoms with Gasteiger partial charge < -0.3 is 9.84 Å². The maximum Gasteiger partial charge on any atom is 0.122 e. The van der Waals surface area contributed by atoms with Gasteiger partial charge in [-0.1, -0.05) is 12.8 Å². The van der Waals surface area contributed by atoms with Crippen molar-refractivity contribution in [3.63, 3.8) is 0 Å². The van der Waals surface area contributed by atoms with E-state index in [0.717, 1.165) is 35.3 Å². The van der Waals surface area contributed by atoms with Gasteiger partial charge in [0, 0.05) is 0 Å². The number of benzene rings is 1. The number of aryl methyl sites for hydroxylation is 2. The summed E-state index contributed by atoms with van der Waals surface area (Å²) in [7, 11) is 1.71. The monoisotopic (exact) mass is 288 g/mol. The van der Waals surface area contributed by atoms with Crippen molar-refractivity contribution in [2.45, 2.75) is 70.8 Å². The lowest BCUT2D eigenvalue weighted by molar-refractivity contribution is -0.0381. The summed E-state index contributed by atoms with van der Waals surface area (Å²) < 4.78 is 5.40. The average molecular weight is 288 g/mol. The average Bonchev–Trinajstić information content (AvgIpc) is 2.93. The molecule has 1 aromatic rings. The molecule has 0 unspecified atom stereocenters. The van der Waals surface area contributed by atoms with Gasteiger partial charge in [0.2, 0.25) is 0 Å². The van der Waals surface area contributed by atoms with E-state index < -0.39 is 5.60 Å². The maximum atomic E-state index is 11.2. The van der Waals surface area contributed by atoms with Gasteiger partial charge in [-0.2, -0.15) is 0 Å². The van der Waals surface area contributed by atoms with Crippen molar-refractivity contribution in [3.05, 3.63) is 28.8 Å². The Hall–Kier alpha value is -1.02. The molecular weight excluding hydrogens is 260 g/mol. The Bertz CT molecular complexity index is 517. The predicted molar refractivity (Wildman–Crippen MR) is 85.7 cm³/mol. The standard InChI is InChI=1S/C19H28O2/c1-14-13-17(21-3)15(2)12-16(14)19(20)10-8-18(9-11-19)6-4-5-7-18/h12-13,20H,4-11H2,1-3H3. The third kappa shape index (κ3) is 2.59. The SMILES string of the molecule is COc1cc(C)c(C2(O)CCC3(CCCC3)CC2)cc1C. The molecule has 0 heterocycles. The minimum absolute atomic E-state index is 0.557. The van der Waals surface area contributed by atoms with Gasteiger partial charge in [-0.25, -0.2) is 0 Å². The second-order valence-electron chi connectivity index (χ2n) is 7.38. The molecule has 2 aliphatic carbocycles. The summed E-state index contributed by atoms with van der Waals surface area (Å²) in [6, 6.07) is 4.21. The Morgan fingerprint density at radius 1 is 0.905 bits per heavy atom. The van der Waals surface area contributed by atoms with Crippen LogP contribution in [0.25, 0.3) is 0 Å². The number of rotatable bonds is 2. The van der Waals surface area contributed by atoms with Gasteiger partial charge in [0.25, 0.3) is 0 Å². The molecule has 116 valence electrons. The van der Waals surface area contributed by atoms with Crippen molar-refractivity contribution in [1.82, 2.24) is 0 Å². The van der Waals surface area contributed by atoms with Crippen molar-refractivity contribution in [3.8, 4) is 5.75 Å². The van der Waals surface area contributed by atoms with E-state index in [1.807, 2.05) is 0 Å². The Kier molecular flexibility index (Phi) is 3.77.